The number of unbranched alkanes of at least 4 members (excludes halogenated alkanes) is 3. The second-order valence-electron chi connectivity index (χ2n) is 2.71. The molecule has 0 heterocycles. The van der Waals surface area contributed by atoms with Crippen LogP contribution in [0.4, 0.5) is 0 Å². The van der Waals surface area contributed by atoms with Gasteiger partial charge in [-0.25, -0.2) is 0 Å². The SMILES string of the molecule is CCC(=O)OCCCCCCO. The molecule has 72 valence electrons. The molecule has 0 aromatic carbocycles. The Bertz CT molecular complexity index is 112. The summed E-state index contributed by atoms with van der Waals surface area (Å²) < 4.78 is 4.87. The number of aliphatic hydroxyl groups excluding tert-OH is 1. The van der Waals surface area contributed by atoms with Gasteiger partial charge in [0.15, 0.2) is 0 Å². The van der Waals surface area contributed by atoms with Crippen molar-refractivity contribution in [3.05, 3.63) is 0 Å². The van der Waals surface area contributed by atoms with Crippen LogP contribution in [0.1, 0.15) is 39.0 Å². The monoisotopic (exact) mass is 174 g/mol. The summed E-state index contributed by atoms with van der Waals surface area (Å²) >= 11 is 0. The fraction of sp³-hybridized carbons (Fsp3) is 0.889. The minimum Gasteiger partial charge on any atom is -0.466 e. The summed E-state index contributed by atoms with van der Waals surface area (Å²) in [6.07, 6.45) is 4.25. The summed E-state index contributed by atoms with van der Waals surface area (Å²) in [7, 11) is 0. The topological polar surface area (TPSA) is 46.5 Å². The Kier molecular flexibility index (Phi) is 8.12. The Balaban J connectivity index is 2.95. The predicted octanol–water partition coefficient (Wildman–Crippen LogP) is 1.49. The summed E-state index contributed by atoms with van der Waals surface area (Å²) in [5, 5.41) is 8.46. The maximum Gasteiger partial charge on any atom is 0.305 e. The molecule has 0 aromatic heterocycles. The van der Waals surface area contributed by atoms with E-state index in [2.05, 4.69) is 0 Å². The van der Waals surface area contributed by atoms with E-state index in [4.69, 9.17) is 9.84 Å². The molecular weight excluding hydrogens is 156 g/mol. The van der Waals surface area contributed by atoms with Crippen molar-refractivity contribution in [1.82, 2.24) is 0 Å². The standard InChI is InChI=1S/C9H18O3/c1-2-9(11)12-8-6-4-3-5-7-10/h10H,2-8H2,1H3. The van der Waals surface area contributed by atoms with Crippen molar-refractivity contribution < 1.29 is 14.6 Å². The Morgan fingerprint density at radius 3 is 2.50 bits per heavy atom. The lowest BCUT2D eigenvalue weighted by Crippen LogP contribution is -2.03. The Morgan fingerprint density at radius 2 is 1.92 bits per heavy atom. The van der Waals surface area contributed by atoms with Crippen molar-refractivity contribution >= 4 is 5.97 Å². The summed E-state index contributed by atoms with van der Waals surface area (Å²) in [4.78, 5) is 10.6. The summed E-state index contributed by atoms with van der Waals surface area (Å²) in [6, 6.07) is 0. The number of carbonyl (C=O) groups excluding carboxylic acids is 1. The predicted molar refractivity (Wildman–Crippen MR) is 46.8 cm³/mol. The molecule has 0 rings (SSSR count). The van der Waals surface area contributed by atoms with Crippen LogP contribution in [0.2, 0.25) is 0 Å². The number of rotatable bonds is 7. The van der Waals surface area contributed by atoms with E-state index in [1.165, 1.54) is 0 Å². The summed E-state index contributed by atoms with van der Waals surface area (Å²) in [5.41, 5.74) is 0. The third-order valence-corrected chi connectivity index (χ3v) is 1.60. The second-order valence-corrected chi connectivity index (χ2v) is 2.71. The lowest BCUT2D eigenvalue weighted by molar-refractivity contribution is -0.143. The number of carbonyl (C=O) groups is 1. The van der Waals surface area contributed by atoms with Crippen LogP contribution in [0, 0.1) is 0 Å². The molecule has 0 aliphatic carbocycles. The molecule has 0 spiro atoms. The molecule has 0 fully saturated rings. The first-order chi connectivity index (χ1) is 5.81. The van der Waals surface area contributed by atoms with Crippen molar-refractivity contribution in [1.29, 1.82) is 0 Å². The molecule has 0 radical (unpaired) electrons. The normalized spacial score (nSPS) is 9.83. The number of hydrogen-bond donors (Lipinski definition) is 1. The third kappa shape index (κ3) is 7.54. The van der Waals surface area contributed by atoms with Gasteiger partial charge in [0.2, 0.25) is 0 Å². The zero-order chi connectivity index (χ0) is 9.23. The van der Waals surface area contributed by atoms with Crippen LogP contribution in [0.25, 0.3) is 0 Å². The van der Waals surface area contributed by atoms with E-state index in [0.29, 0.717) is 13.0 Å². The molecule has 0 amide bonds. The number of aliphatic hydroxyl groups is 1. The van der Waals surface area contributed by atoms with Crippen LogP contribution >= 0.6 is 0 Å². The minimum atomic E-state index is -0.128. The molecule has 12 heavy (non-hydrogen) atoms. The van der Waals surface area contributed by atoms with Gasteiger partial charge < -0.3 is 9.84 Å². The maximum atomic E-state index is 10.6. The van der Waals surface area contributed by atoms with E-state index in [1.807, 2.05) is 0 Å². The molecule has 3 heteroatoms. The molecule has 0 unspecified atom stereocenters. The van der Waals surface area contributed by atoms with Crippen LogP contribution in [-0.2, 0) is 9.53 Å². The second kappa shape index (κ2) is 8.53. The average molecular weight is 174 g/mol. The van der Waals surface area contributed by atoms with Gasteiger partial charge >= 0.3 is 5.97 Å². The maximum absolute atomic E-state index is 10.6. The first kappa shape index (κ1) is 11.4. The smallest absolute Gasteiger partial charge is 0.305 e. The molecule has 1 N–H and O–H groups in total. The quantitative estimate of drug-likeness (QED) is 0.470. The van der Waals surface area contributed by atoms with Gasteiger partial charge in [-0.2, -0.15) is 0 Å². The van der Waals surface area contributed by atoms with Gasteiger partial charge in [-0.15, -0.1) is 0 Å². The van der Waals surface area contributed by atoms with Crippen molar-refractivity contribution in [3.8, 4) is 0 Å². The van der Waals surface area contributed by atoms with E-state index in [9.17, 15) is 4.79 Å². The average Bonchev–Trinajstić information content (AvgIpc) is 2.10. The van der Waals surface area contributed by atoms with Crippen LogP contribution < -0.4 is 0 Å². The first-order valence-corrected chi connectivity index (χ1v) is 4.57. The van der Waals surface area contributed by atoms with Gasteiger partial charge in [0.25, 0.3) is 0 Å². The molecule has 0 saturated carbocycles. The summed E-state index contributed by atoms with van der Waals surface area (Å²) in [5.74, 6) is -0.128. The minimum absolute atomic E-state index is 0.128. The third-order valence-electron chi connectivity index (χ3n) is 1.60. The zero-order valence-electron chi connectivity index (χ0n) is 7.71. The van der Waals surface area contributed by atoms with Crippen molar-refractivity contribution in [2.75, 3.05) is 13.2 Å². The highest BCUT2D eigenvalue weighted by molar-refractivity contribution is 5.68. The molecule has 0 aliphatic rings. The Labute approximate surface area is 73.7 Å². The molecule has 0 atom stereocenters. The van der Waals surface area contributed by atoms with Crippen LogP contribution in [0.15, 0.2) is 0 Å². The van der Waals surface area contributed by atoms with Crippen LogP contribution in [0.3, 0.4) is 0 Å². The van der Waals surface area contributed by atoms with Crippen molar-refractivity contribution in [2.45, 2.75) is 39.0 Å². The van der Waals surface area contributed by atoms with Crippen molar-refractivity contribution in [3.63, 3.8) is 0 Å². The van der Waals surface area contributed by atoms with E-state index in [1.54, 1.807) is 6.92 Å². The van der Waals surface area contributed by atoms with Crippen LogP contribution in [0.5, 0.6) is 0 Å². The Morgan fingerprint density at radius 1 is 1.25 bits per heavy atom. The molecular formula is C9H18O3. The number of esters is 1. The van der Waals surface area contributed by atoms with Crippen LogP contribution in [-0.4, -0.2) is 24.3 Å². The van der Waals surface area contributed by atoms with Crippen molar-refractivity contribution in [2.24, 2.45) is 0 Å². The first-order valence-electron chi connectivity index (χ1n) is 4.57. The fourth-order valence-corrected chi connectivity index (χ4v) is 0.855. The highest BCUT2D eigenvalue weighted by Crippen LogP contribution is 1.99. The largest absolute Gasteiger partial charge is 0.466 e. The lowest BCUT2D eigenvalue weighted by atomic mass is 10.2. The Hall–Kier alpha value is -0.570. The van der Waals surface area contributed by atoms with E-state index < -0.39 is 0 Å². The van der Waals surface area contributed by atoms with Gasteiger partial charge in [0.05, 0.1) is 6.61 Å². The molecule has 0 saturated heterocycles. The fourth-order valence-electron chi connectivity index (χ4n) is 0.855. The van der Waals surface area contributed by atoms with Gasteiger partial charge in [0, 0.05) is 13.0 Å². The van der Waals surface area contributed by atoms with Gasteiger partial charge in [-0.1, -0.05) is 13.3 Å². The van der Waals surface area contributed by atoms with E-state index in [-0.39, 0.29) is 12.6 Å². The number of ether oxygens (including phenoxy) is 1. The molecule has 0 aliphatic heterocycles. The summed E-state index contributed by atoms with van der Waals surface area (Å²) in [6.45, 7) is 2.57. The molecule has 0 bridgehead atoms. The van der Waals surface area contributed by atoms with Gasteiger partial charge in [0.1, 0.15) is 0 Å². The van der Waals surface area contributed by atoms with Gasteiger partial charge in [-0.05, 0) is 19.3 Å². The van der Waals surface area contributed by atoms with E-state index in [0.717, 1.165) is 25.7 Å². The lowest BCUT2D eigenvalue weighted by Gasteiger charge is -2.01. The number of hydrogen-bond acceptors (Lipinski definition) is 3. The molecule has 0 aromatic rings. The zero-order valence-corrected chi connectivity index (χ0v) is 7.71. The van der Waals surface area contributed by atoms with E-state index >= 15 is 0 Å². The highest BCUT2D eigenvalue weighted by Gasteiger charge is 1.96. The molecule has 3 nitrogen and oxygen atoms in total. The van der Waals surface area contributed by atoms with Gasteiger partial charge in [-0.3, -0.25) is 4.79 Å². The highest BCUT2D eigenvalue weighted by atomic mass is 16.5.